The van der Waals surface area contributed by atoms with Crippen molar-refractivity contribution in [2.45, 2.75) is 45.6 Å². The van der Waals surface area contributed by atoms with Crippen molar-refractivity contribution in [1.29, 1.82) is 0 Å². The fourth-order valence-corrected chi connectivity index (χ4v) is 1.53. The van der Waals surface area contributed by atoms with Crippen molar-refractivity contribution >= 4 is 23.5 Å². The van der Waals surface area contributed by atoms with Crippen molar-refractivity contribution in [1.82, 2.24) is 5.32 Å². The Morgan fingerprint density at radius 2 is 1.94 bits per heavy atom. The molecule has 0 spiro atoms. The first kappa shape index (κ1) is 15.2. The van der Waals surface area contributed by atoms with Crippen molar-refractivity contribution < 1.29 is 14.7 Å². The number of aliphatic carboxylic acids is 1. The van der Waals surface area contributed by atoms with Crippen LogP contribution in [0.25, 0.3) is 0 Å². The molecule has 0 radical (unpaired) electrons. The van der Waals surface area contributed by atoms with Crippen LogP contribution in [0.1, 0.15) is 39.5 Å². The van der Waals surface area contributed by atoms with Gasteiger partial charge in [-0.3, -0.25) is 4.79 Å². The number of carbonyl (C=O) groups excluding carboxylic acids is 1. The first-order valence-corrected chi connectivity index (χ1v) is 6.09. The van der Waals surface area contributed by atoms with E-state index in [2.05, 4.69) is 5.32 Å². The van der Waals surface area contributed by atoms with Crippen LogP contribution in [-0.4, -0.2) is 28.9 Å². The number of amides is 1. The molecule has 2 N–H and O–H groups in total. The number of hydrogen-bond donors (Lipinski definition) is 2. The van der Waals surface area contributed by atoms with Crippen LogP contribution in [0.2, 0.25) is 0 Å². The highest BCUT2D eigenvalue weighted by Crippen LogP contribution is 2.06. The SMILES string of the molecule is CC(C)C[C@@H](NC(=O)CCCCCl)C(=O)O. The van der Waals surface area contributed by atoms with Gasteiger partial charge in [-0.1, -0.05) is 13.8 Å². The topological polar surface area (TPSA) is 66.4 Å². The van der Waals surface area contributed by atoms with Gasteiger partial charge in [0.1, 0.15) is 6.04 Å². The van der Waals surface area contributed by atoms with Gasteiger partial charge >= 0.3 is 5.97 Å². The van der Waals surface area contributed by atoms with Crippen LogP contribution in [0.15, 0.2) is 0 Å². The quantitative estimate of drug-likeness (QED) is 0.511. The molecule has 1 atom stereocenters. The summed E-state index contributed by atoms with van der Waals surface area (Å²) in [5.41, 5.74) is 0. The molecule has 94 valence electrons. The van der Waals surface area contributed by atoms with Gasteiger partial charge in [-0.2, -0.15) is 0 Å². The molecule has 0 aromatic rings. The summed E-state index contributed by atoms with van der Waals surface area (Å²) in [5, 5.41) is 11.4. The molecule has 0 heterocycles. The maximum atomic E-state index is 11.4. The average molecular weight is 250 g/mol. The summed E-state index contributed by atoms with van der Waals surface area (Å²) in [6.45, 7) is 3.85. The lowest BCUT2D eigenvalue weighted by Gasteiger charge is -2.16. The number of hydrogen-bond acceptors (Lipinski definition) is 2. The molecule has 16 heavy (non-hydrogen) atoms. The third-order valence-corrected chi connectivity index (χ3v) is 2.40. The summed E-state index contributed by atoms with van der Waals surface area (Å²) >= 11 is 5.48. The lowest BCUT2D eigenvalue weighted by Crippen LogP contribution is -2.41. The molecular weight excluding hydrogens is 230 g/mol. The summed E-state index contributed by atoms with van der Waals surface area (Å²) in [7, 11) is 0. The maximum absolute atomic E-state index is 11.4. The van der Waals surface area contributed by atoms with Crippen molar-refractivity contribution in [3.05, 3.63) is 0 Å². The number of carboxylic acid groups (broad SMARTS) is 1. The second-order valence-electron chi connectivity index (χ2n) is 4.23. The first-order valence-electron chi connectivity index (χ1n) is 5.55. The van der Waals surface area contributed by atoms with E-state index < -0.39 is 12.0 Å². The third kappa shape index (κ3) is 7.51. The van der Waals surface area contributed by atoms with Crippen LogP contribution in [0, 0.1) is 5.92 Å². The van der Waals surface area contributed by atoms with E-state index in [9.17, 15) is 9.59 Å². The molecule has 0 saturated carbocycles. The fourth-order valence-electron chi connectivity index (χ4n) is 1.34. The van der Waals surface area contributed by atoms with E-state index in [1.807, 2.05) is 13.8 Å². The Kier molecular flexibility index (Phi) is 7.99. The molecule has 1 amide bonds. The molecule has 0 aliphatic carbocycles. The van der Waals surface area contributed by atoms with Crippen molar-refractivity contribution in [2.24, 2.45) is 5.92 Å². The Morgan fingerprint density at radius 3 is 2.38 bits per heavy atom. The molecule has 0 rings (SSSR count). The lowest BCUT2D eigenvalue weighted by molar-refractivity contribution is -0.142. The van der Waals surface area contributed by atoms with Gasteiger partial charge in [0.25, 0.3) is 0 Å². The Bertz CT molecular complexity index is 231. The van der Waals surface area contributed by atoms with E-state index in [1.54, 1.807) is 0 Å². The molecule has 0 aliphatic heterocycles. The minimum Gasteiger partial charge on any atom is -0.480 e. The molecule has 0 saturated heterocycles. The maximum Gasteiger partial charge on any atom is 0.326 e. The summed E-state index contributed by atoms with van der Waals surface area (Å²) in [6.07, 6.45) is 2.27. The minimum atomic E-state index is -0.973. The number of carboxylic acids is 1. The number of halogens is 1. The Labute approximate surface area is 101 Å². The van der Waals surface area contributed by atoms with E-state index in [-0.39, 0.29) is 11.8 Å². The van der Waals surface area contributed by atoms with E-state index in [1.165, 1.54) is 0 Å². The summed E-state index contributed by atoms with van der Waals surface area (Å²) < 4.78 is 0. The van der Waals surface area contributed by atoms with Crippen molar-refractivity contribution in [2.75, 3.05) is 5.88 Å². The summed E-state index contributed by atoms with van der Waals surface area (Å²) in [4.78, 5) is 22.3. The molecule has 0 fully saturated rings. The van der Waals surface area contributed by atoms with E-state index in [4.69, 9.17) is 16.7 Å². The van der Waals surface area contributed by atoms with Crippen LogP contribution < -0.4 is 5.32 Å². The summed E-state index contributed by atoms with van der Waals surface area (Å²) in [5.74, 6) is -0.413. The van der Waals surface area contributed by atoms with E-state index in [0.29, 0.717) is 25.1 Å². The first-order chi connectivity index (χ1) is 7.47. The Balaban J connectivity index is 3.98. The van der Waals surface area contributed by atoms with Crippen LogP contribution in [0.3, 0.4) is 0 Å². The molecule has 0 aromatic heterocycles. The van der Waals surface area contributed by atoms with Gasteiger partial charge in [0, 0.05) is 12.3 Å². The highest BCUT2D eigenvalue weighted by atomic mass is 35.5. The van der Waals surface area contributed by atoms with Gasteiger partial charge in [-0.05, 0) is 25.2 Å². The highest BCUT2D eigenvalue weighted by molar-refractivity contribution is 6.17. The predicted molar refractivity (Wildman–Crippen MR) is 63.6 cm³/mol. The highest BCUT2D eigenvalue weighted by Gasteiger charge is 2.20. The zero-order chi connectivity index (χ0) is 12.6. The molecule has 5 heteroatoms. The largest absolute Gasteiger partial charge is 0.480 e. The normalized spacial score (nSPS) is 12.5. The number of rotatable bonds is 8. The van der Waals surface area contributed by atoms with Crippen LogP contribution in [0.4, 0.5) is 0 Å². The van der Waals surface area contributed by atoms with Crippen molar-refractivity contribution in [3.8, 4) is 0 Å². The monoisotopic (exact) mass is 249 g/mol. The van der Waals surface area contributed by atoms with E-state index >= 15 is 0 Å². The second kappa shape index (κ2) is 8.39. The van der Waals surface area contributed by atoms with Gasteiger partial charge in [0.05, 0.1) is 0 Å². The molecular formula is C11H20ClNO3. The molecule has 0 aromatic carbocycles. The van der Waals surface area contributed by atoms with Gasteiger partial charge in [0.2, 0.25) is 5.91 Å². The number of nitrogens with one attached hydrogen (secondary N) is 1. The summed E-state index contributed by atoms with van der Waals surface area (Å²) in [6, 6.07) is -0.775. The van der Waals surface area contributed by atoms with Crippen LogP contribution >= 0.6 is 11.6 Å². The fraction of sp³-hybridized carbons (Fsp3) is 0.818. The standard InChI is InChI=1S/C11H20ClNO3/c1-8(2)7-9(11(15)16)13-10(14)5-3-4-6-12/h8-9H,3-7H2,1-2H3,(H,13,14)(H,15,16)/t9-/m1/s1. The lowest BCUT2D eigenvalue weighted by atomic mass is 10.0. The van der Waals surface area contributed by atoms with E-state index in [0.717, 1.165) is 6.42 Å². The zero-order valence-electron chi connectivity index (χ0n) is 9.83. The average Bonchev–Trinajstić information content (AvgIpc) is 2.16. The second-order valence-corrected chi connectivity index (χ2v) is 4.61. The van der Waals surface area contributed by atoms with Gasteiger partial charge in [-0.25, -0.2) is 4.79 Å². The van der Waals surface area contributed by atoms with Crippen molar-refractivity contribution in [3.63, 3.8) is 0 Å². The van der Waals surface area contributed by atoms with Gasteiger partial charge in [0.15, 0.2) is 0 Å². The number of unbranched alkanes of at least 4 members (excludes halogenated alkanes) is 1. The van der Waals surface area contributed by atoms with Crippen LogP contribution in [-0.2, 0) is 9.59 Å². The smallest absolute Gasteiger partial charge is 0.326 e. The van der Waals surface area contributed by atoms with Gasteiger partial charge < -0.3 is 10.4 Å². The minimum absolute atomic E-state index is 0.210. The molecule has 4 nitrogen and oxygen atoms in total. The third-order valence-electron chi connectivity index (χ3n) is 2.13. The van der Waals surface area contributed by atoms with Gasteiger partial charge in [-0.15, -0.1) is 11.6 Å². The van der Waals surface area contributed by atoms with Crippen LogP contribution in [0.5, 0.6) is 0 Å². The Hall–Kier alpha value is -0.770. The predicted octanol–water partition coefficient (Wildman–Crippen LogP) is 2.01. The molecule has 0 aliphatic rings. The number of carbonyl (C=O) groups is 2. The molecule has 0 bridgehead atoms. The zero-order valence-corrected chi connectivity index (χ0v) is 10.6. The Morgan fingerprint density at radius 1 is 1.31 bits per heavy atom. The number of alkyl halides is 1. The molecule has 0 unspecified atom stereocenters.